The summed E-state index contributed by atoms with van der Waals surface area (Å²) in [6.07, 6.45) is 8.87. The van der Waals surface area contributed by atoms with Gasteiger partial charge < -0.3 is 23.7 Å². The van der Waals surface area contributed by atoms with Crippen molar-refractivity contribution < 1.29 is 43.2 Å². The van der Waals surface area contributed by atoms with Gasteiger partial charge in [0.15, 0.2) is 36.3 Å². The molecule has 3 unspecified atom stereocenters. The van der Waals surface area contributed by atoms with Crippen molar-refractivity contribution in [3.05, 3.63) is 11.9 Å². The molecule has 1 aromatic rings. The lowest BCUT2D eigenvalue weighted by Crippen LogP contribution is -2.70. The van der Waals surface area contributed by atoms with E-state index in [9.17, 15) is 0 Å². The Kier molecular flexibility index (Phi) is 7.13. The quantitative estimate of drug-likeness (QED) is 0.382. The molecule has 1 aromatic heterocycles. The zero-order chi connectivity index (χ0) is 31.6. The van der Waals surface area contributed by atoms with Crippen molar-refractivity contribution in [2.75, 3.05) is 6.61 Å². The van der Waals surface area contributed by atoms with Gasteiger partial charge in [-0.3, -0.25) is 0 Å². The van der Waals surface area contributed by atoms with Gasteiger partial charge in [-0.1, -0.05) is 32.9 Å². The predicted octanol–water partition coefficient (Wildman–Crippen LogP) is 5.43. The smallest absolute Gasteiger partial charge is 0.201 e. The number of ether oxygens (including phenoxy) is 5. The molecule has 0 amide bonds. The average molecular weight is 646 g/mol. The molecule has 12 nitrogen and oxygen atoms in total. The Morgan fingerprint density at radius 1 is 0.739 bits per heavy atom. The summed E-state index contributed by atoms with van der Waals surface area (Å²) in [5, 5.41) is 9.08. The molecule has 11 rings (SSSR count). The minimum atomic E-state index is -0.805. The van der Waals surface area contributed by atoms with Crippen molar-refractivity contribution in [3.8, 4) is 0 Å². The zero-order valence-corrected chi connectivity index (χ0v) is 28.1. The second kappa shape index (κ2) is 10.6. The van der Waals surface area contributed by atoms with Crippen molar-refractivity contribution in [2.45, 2.75) is 147 Å². The van der Waals surface area contributed by atoms with Crippen LogP contribution in [0.1, 0.15) is 105 Å². The van der Waals surface area contributed by atoms with Gasteiger partial charge in [0.25, 0.3) is 0 Å². The van der Waals surface area contributed by atoms with Crippen molar-refractivity contribution in [2.24, 2.45) is 47.3 Å². The maximum atomic E-state index is 6.75. The van der Waals surface area contributed by atoms with Gasteiger partial charge in [-0.15, -0.1) is 5.10 Å². The molecule has 46 heavy (non-hydrogen) atoms. The Morgan fingerprint density at radius 2 is 1.33 bits per heavy atom. The van der Waals surface area contributed by atoms with E-state index in [0.29, 0.717) is 36.7 Å². The highest BCUT2D eigenvalue weighted by atomic mass is 17.3. The SMILES string of the molecule is C[C@H]1[C@H](OCCc2cn(C3O[C@@H]4OC5(C)CC[C@H]6[C@H](C)CC[C@@H]([C@H]3C)[C@@]46OO5)nn2)O[C@@H]2OC3(C)CC[C@H]4[C@H](C)CC[C@@H]1[C@@]24OO3. The fraction of sp³-hybridized carbons (Fsp3) is 0.941. The Balaban J connectivity index is 0.887. The van der Waals surface area contributed by atoms with Crippen LogP contribution in [0.5, 0.6) is 0 Å². The molecule has 0 N–H and O–H groups in total. The number of hydrogen-bond acceptors (Lipinski definition) is 11. The number of rotatable bonds is 5. The van der Waals surface area contributed by atoms with Crippen molar-refractivity contribution >= 4 is 0 Å². The van der Waals surface area contributed by atoms with Gasteiger partial charge in [-0.25, -0.2) is 24.2 Å². The van der Waals surface area contributed by atoms with Gasteiger partial charge in [0, 0.05) is 42.9 Å². The van der Waals surface area contributed by atoms with Crippen LogP contribution in [-0.2, 0) is 49.7 Å². The summed E-state index contributed by atoms with van der Waals surface area (Å²) in [4.78, 5) is 24.5. The third-order valence-electron chi connectivity index (χ3n) is 13.7. The van der Waals surface area contributed by atoms with E-state index in [1.165, 1.54) is 0 Å². The summed E-state index contributed by atoms with van der Waals surface area (Å²) in [5.74, 6) is 0.839. The van der Waals surface area contributed by atoms with Crippen LogP contribution in [0, 0.1) is 47.3 Å². The molecule has 10 fully saturated rings. The van der Waals surface area contributed by atoms with Crippen molar-refractivity contribution in [1.29, 1.82) is 0 Å². The third kappa shape index (κ3) is 4.30. The molecule has 256 valence electrons. The molecule has 10 aliphatic rings. The summed E-state index contributed by atoms with van der Waals surface area (Å²) < 4.78 is 34.7. The first-order valence-electron chi connectivity index (χ1n) is 18.0. The highest BCUT2D eigenvalue weighted by Crippen LogP contribution is 2.63. The number of hydrogen-bond donors (Lipinski definition) is 0. The van der Waals surface area contributed by atoms with Gasteiger partial charge >= 0.3 is 0 Å². The van der Waals surface area contributed by atoms with E-state index in [-0.39, 0.29) is 29.9 Å². The molecule has 12 heteroatoms. The van der Waals surface area contributed by atoms with Crippen LogP contribution in [0.3, 0.4) is 0 Å². The maximum absolute atomic E-state index is 6.75. The Morgan fingerprint density at radius 3 is 1.96 bits per heavy atom. The molecule has 0 aromatic carbocycles. The van der Waals surface area contributed by atoms with Crippen molar-refractivity contribution in [1.82, 2.24) is 15.0 Å². The Labute approximate surface area is 271 Å². The van der Waals surface area contributed by atoms with Crippen LogP contribution in [0.15, 0.2) is 6.20 Å². The Bertz CT molecular complexity index is 1330. The average Bonchev–Trinajstić information content (AvgIpc) is 3.21. The summed E-state index contributed by atoms with van der Waals surface area (Å²) in [6, 6.07) is 0. The van der Waals surface area contributed by atoms with E-state index in [1.807, 2.05) is 24.7 Å². The summed E-state index contributed by atoms with van der Waals surface area (Å²) in [6.45, 7) is 13.5. The third-order valence-corrected chi connectivity index (χ3v) is 13.7. The topological polar surface area (TPSA) is 114 Å². The molecule has 16 atom stereocenters. The van der Waals surface area contributed by atoms with Gasteiger partial charge in [0.05, 0.1) is 18.5 Å². The molecule has 8 aliphatic heterocycles. The first-order valence-corrected chi connectivity index (χ1v) is 18.0. The molecule has 4 bridgehead atoms. The molecule has 2 saturated carbocycles. The molecule has 0 radical (unpaired) electrons. The fourth-order valence-corrected chi connectivity index (χ4v) is 11.1. The number of fused-ring (bicyclic) bond motifs is 4. The molecular formula is C34H51N3O9. The lowest BCUT2D eigenvalue weighted by molar-refractivity contribution is -0.577. The normalized spacial score (nSPS) is 55.7. The second-order valence-corrected chi connectivity index (χ2v) is 16.4. The molecule has 8 saturated heterocycles. The van der Waals surface area contributed by atoms with Gasteiger partial charge in [0.1, 0.15) is 0 Å². The lowest BCUT2D eigenvalue weighted by Gasteiger charge is -2.60. The van der Waals surface area contributed by atoms with Gasteiger partial charge in [-0.2, -0.15) is 0 Å². The highest BCUT2D eigenvalue weighted by Gasteiger charge is 2.71. The lowest BCUT2D eigenvalue weighted by atomic mass is 9.58. The van der Waals surface area contributed by atoms with Crippen molar-refractivity contribution in [3.63, 3.8) is 0 Å². The minimum absolute atomic E-state index is 0.130. The summed E-state index contributed by atoms with van der Waals surface area (Å²) in [5.41, 5.74) is -0.334. The highest BCUT2D eigenvalue weighted by molar-refractivity contribution is 5.11. The van der Waals surface area contributed by atoms with E-state index in [0.717, 1.165) is 57.1 Å². The minimum Gasteiger partial charge on any atom is -0.352 e. The van der Waals surface area contributed by atoms with E-state index in [4.69, 9.17) is 43.2 Å². The van der Waals surface area contributed by atoms with Crippen LogP contribution in [-0.4, -0.2) is 63.2 Å². The first-order chi connectivity index (χ1) is 22.1. The summed E-state index contributed by atoms with van der Waals surface area (Å²) >= 11 is 0. The van der Waals surface area contributed by atoms with Gasteiger partial charge in [-0.05, 0) is 76.0 Å². The van der Waals surface area contributed by atoms with E-state index in [2.05, 4.69) is 38.0 Å². The zero-order valence-electron chi connectivity index (χ0n) is 28.1. The molecule has 9 heterocycles. The predicted molar refractivity (Wildman–Crippen MR) is 159 cm³/mol. The largest absolute Gasteiger partial charge is 0.352 e. The number of aromatic nitrogens is 3. The number of nitrogens with zero attached hydrogens (tertiary/aromatic N) is 3. The van der Waals surface area contributed by atoms with Gasteiger partial charge in [0.2, 0.25) is 11.6 Å². The maximum Gasteiger partial charge on any atom is 0.201 e. The van der Waals surface area contributed by atoms with E-state index < -0.39 is 41.6 Å². The summed E-state index contributed by atoms with van der Waals surface area (Å²) in [7, 11) is 0. The van der Waals surface area contributed by atoms with Crippen LogP contribution in [0.4, 0.5) is 0 Å². The van der Waals surface area contributed by atoms with Crippen LogP contribution in [0.25, 0.3) is 0 Å². The van der Waals surface area contributed by atoms with E-state index in [1.54, 1.807) is 0 Å². The van der Waals surface area contributed by atoms with E-state index >= 15 is 0 Å². The Hall–Kier alpha value is -1.22. The standard InChI is InChI=1S/C34H51N3O9/c1-18-7-9-25-20(3)27(39-29-33(25)23(18)11-14-31(5,41-29)43-45-33)37-17-22(35-36-37)13-16-38-28-21(4)26-10-8-19(2)24-12-15-32(6)42-30(40-28)34(24,26)46-44-32/h17-21,23-30H,7-16H2,1-6H3/t18-,19-,20-,21-,23+,24+,25+,26+,27?,28-,29-,30-,31?,32?,33-,34-/m1/s1. The molecular weight excluding hydrogens is 594 g/mol. The van der Waals surface area contributed by atoms with Crippen LogP contribution in [0.2, 0.25) is 0 Å². The van der Waals surface area contributed by atoms with Crippen LogP contribution >= 0.6 is 0 Å². The second-order valence-electron chi connectivity index (χ2n) is 16.4. The monoisotopic (exact) mass is 645 g/mol. The first kappa shape index (κ1) is 30.8. The van der Waals surface area contributed by atoms with Crippen LogP contribution < -0.4 is 0 Å². The molecule has 2 spiro atoms. The fourth-order valence-electron chi connectivity index (χ4n) is 11.1. The molecule has 2 aliphatic carbocycles.